The molecule has 0 aliphatic rings. The van der Waals surface area contributed by atoms with Crippen LogP contribution in [0.4, 0.5) is 0 Å². The van der Waals surface area contributed by atoms with Crippen LogP contribution >= 0.6 is 15.9 Å². The number of carboxylic acids is 1. The molecule has 1 amide bonds. The van der Waals surface area contributed by atoms with Crippen LogP contribution in [0.3, 0.4) is 0 Å². The van der Waals surface area contributed by atoms with Crippen LogP contribution < -0.4 is 5.32 Å². The van der Waals surface area contributed by atoms with Crippen molar-refractivity contribution < 1.29 is 19.1 Å². The lowest BCUT2D eigenvalue weighted by Crippen LogP contribution is -2.38. The number of carboxylic acid groups (broad SMARTS) is 1. The molecule has 1 aromatic heterocycles. The molecular formula is C8H8BrNO4. The van der Waals surface area contributed by atoms with E-state index in [1.54, 1.807) is 6.07 Å². The summed E-state index contributed by atoms with van der Waals surface area (Å²) in [7, 11) is 0. The molecule has 0 saturated carbocycles. The van der Waals surface area contributed by atoms with Gasteiger partial charge in [-0.15, -0.1) is 0 Å². The van der Waals surface area contributed by atoms with E-state index in [0.29, 0.717) is 4.47 Å². The molecule has 2 N–H and O–H groups in total. The van der Waals surface area contributed by atoms with Gasteiger partial charge in [-0.25, -0.2) is 0 Å². The second kappa shape index (κ2) is 4.28. The molecule has 0 radical (unpaired) electrons. The van der Waals surface area contributed by atoms with Crippen LogP contribution in [0, 0.1) is 0 Å². The number of rotatable bonds is 3. The Morgan fingerprint density at radius 1 is 1.64 bits per heavy atom. The average Bonchev–Trinajstić information content (AvgIpc) is 2.51. The van der Waals surface area contributed by atoms with E-state index >= 15 is 0 Å². The highest BCUT2D eigenvalue weighted by Gasteiger charge is 2.19. The minimum absolute atomic E-state index is 0.0677. The Morgan fingerprint density at radius 3 is 2.71 bits per heavy atom. The summed E-state index contributed by atoms with van der Waals surface area (Å²) in [5, 5.41) is 10.8. The minimum Gasteiger partial charge on any atom is -0.480 e. The number of hydrogen-bond acceptors (Lipinski definition) is 3. The van der Waals surface area contributed by atoms with Crippen LogP contribution in [0.2, 0.25) is 0 Å². The van der Waals surface area contributed by atoms with Crippen molar-refractivity contribution in [1.82, 2.24) is 5.32 Å². The van der Waals surface area contributed by atoms with Crippen molar-refractivity contribution in [2.24, 2.45) is 0 Å². The third-order valence-electron chi connectivity index (χ3n) is 1.54. The maximum atomic E-state index is 11.3. The first-order valence-corrected chi connectivity index (χ1v) is 4.58. The zero-order valence-corrected chi connectivity index (χ0v) is 8.87. The molecule has 0 aliphatic heterocycles. The Bertz CT molecular complexity index is 360. The number of amides is 1. The normalized spacial score (nSPS) is 12.1. The Hall–Kier alpha value is -1.30. The molecule has 5 nitrogen and oxygen atoms in total. The smallest absolute Gasteiger partial charge is 0.325 e. The monoisotopic (exact) mass is 261 g/mol. The average molecular weight is 262 g/mol. The van der Waals surface area contributed by atoms with Crippen LogP contribution in [0.1, 0.15) is 17.5 Å². The van der Waals surface area contributed by atoms with E-state index in [-0.39, 0.29) is 5.76 Å². The van der Waals surface area contributed by atoms with E-state index in [9.17, 15) is 9.59 Å². The fourth-order valence-electron chi connectivity index (χ4n) is 0.780. The molecule has 14 heavy (non-hydrogen) atoms. The predicted molar refractivity (Wildman–Crippen MR) is 51.0 cm³/mol. The lowest BCUT2D eigenvalue weighted by molar-refractivity contribution is -0.138. The molecule has 0 aliphatic carbocycles. The lowest BCUT2D eigenvalue weighted by Gasteiger charge is -2.07. The summed E-state index contributed by atoms with van der Waals surface area (Å²) < 4.78 is 5.35. The summed E-state index contributed by atoms with van der Waals surface area (Å²) in [5.74, 6) is -1.59. The molecule has 0 saturated heterocycles. The van der Waals surface area contributed by atoms with Crippen molar-refractivity contribution in [3.05, 3.63) is 22.6 Å². The van der Waals surface area contributed by atoms with E-state index in [1.165, 1.54) is 13.2 Å². The third-order valence-corrected chi connectivity index (χ3v) is 2.17. The highest BCUT2D eigenvalue weighted by molar-refractivity contribution is 9.10. The molecular weight excluding hydrogens is 254 g/mol. The van der Waals surface area contributed by atoms with Crippen molar-refractivity contribution >= 4 is 27.8 Å². The van der Waals surface area contributed by atoms with Crippen molar-refractivity contribution in [1.29, 1.82) is 0 Å². The van der Waals surface area contributed by atoms with Crippen LogP contribution in [-0.2, 0) is 4.79 Å². The number of halogens is 1. The first-order chi connectivity index (χ1) is 6.52. The van der Waals surface area contributed by atoms with Crippen molar-refractivity contribution in [3.63, 3.8) is 0 Å². The number of hydrogen-bond donors (Lipinski definition) is 2. The van der Waals surface area contributed by atoms with E-state index < -0.39 is 17.9 Å². The van der Waals surface area contributed by atoms with E-state index in [2.05, 4.69) is 21.2 Å². The van der Waals surface area contributed by atoms with Gasteiger partial charge in [0.2, 0.25) is 5.76 Å². The van der Waals surface area contributed by atoms with E-state index in [0.717, 1.165) is 0 Å². The van der Waals surface area contributed by atoms with Gasteiger partial charge in [0.1, 0.15) is 6.04 Å². The summed E-state index contributed by atoms with van der Waals surface area (Å²) in [5.41, 5.74) is 0. The highest BCUT2D eigenvalue weighted by atomic mass is 79.9. The third kappa shape index (κ3) is 2.35. The van der Waals surface area contributed by atoms with E-state index in [1.807, 2.05) is 0 Å². The molecule has 0 spiro atoms. The highest BCUT2D eigenvalue weighted by Crippen LogP contribution is 2.17. The van der Waals surface area contributed by atoms with E-state index in [4.69, 9.17) is 9.52 Å². The molecule has 1 rings (SSSR count). The van der Waals surface area contributed by atoms with Gasteiger partial charge >= 0.3 is 5.97 Å². The molecule has 1 aromatic rings. The molecule has 76 valence electrons. The number of furan rings is 1. The van der Waals surface area contributed by atoms with Gasteiger partial charge in [-0.2, -0.15) is 0 Å². The van der Waals surface area contributed by atoms with Crippen LogP contribution in [0.15, 0.2) is 21.2 Å². The van der Waals surface area contributed by atoms with Crippen molar-refractivity contribution in [2.45, 2.75) is 13.0 Å². The lowest BCUT2D eigenvalue weighted by atomic mass is 10.3. The van der Waals surface area contributed by atoms with Gasteiger partial charge in [0, 0.05) is 0 Å². The summed E-state index contributed by atoms with van der Waals surface area (Å²) in [6, 6.07) is 0.611. The molecule has 0 fully saturated rings. The maximum absolute atomic E-state index is 11.3. The Labute approximate surface area is 88.2 Å². The van der Waals surface area contributed by atoms with Gasteiger partial charge in [0.15, 0.2) is 0 Å². The predicted octanol–water partition coefficient (Wildman–Crippen LogP) is 1.25. The fraction of sp³-hybridized carbons (Fsp3) is 0.250. The van der Waals surface area contributed by atoms with Gasteiger partial charge in [-0.3, -0.25) is 9.59 Å². The van der Waals surface area contributed by atoms with Gasteiger partial charge in [0.05, 0.1) is 10.7 Å². The molecule has 0 aromatic carbocycles. The van der Waals surface area contributed by atoms with Crippen LogP contribution in [0.5, 0.6) is 0 Å². The number of aliphatic carboxylic acids is 1. The maximum Gasteiger partial charge on any atom is 0.325 e. The van der Waals surface area contributed by atoms with Crippen LogP contribution in [0.25, 0.3) is 0 Å². The molecule has 1 heterocycles. The number of nitrogens with one attached hydrogen (secondary N) is 1. The second-order valence-electron chi connectivity index (χ2n) is 2.63. The first kappa shape index (κ1) is 10.8. The molecule has 6 heteroatoms. The first-order valence-electron chi connectivity index (χ1n) is 3.79. The van der Waals surface area contributed by atoms with Gasteiger partial charge in [-0.05, 0) is 28.9 Å². The molecule has 1 atom stereocenters. The molecule has 1 unspecified atom stereocenters. The van der Waals surface area contributed by atoms with Gasteiger partial charge in [-0.1, -0.05) is 0 Å². The van der Waals surface area contributed by atoms with Gasteiger partial charge in [0.25, 0.3) is 5.91 Å². The van der Waals surface area contributed by atoms with Crippen molar-refractivity contribution in [3.8, 4) is 0 Å². The zero-order valence-electron chi connectivity index (χ0n) is 7.28. The topological polar surface area (TPSA) is 79.5 Å². The SMILES string of the molecule is CC(NC(=O)c1occc1Br)C(=O)O. The zero-order chi connectivity index (χ0) is 10.7. The summed E-state index contributed by atoms with van der Waals surface area (Å²) >= 11 is 3.09. The summed E-state index contributed by atoms with van der Waals surface area (Å²) in [6.07, 6.45) is 1.34. The fourth-order valence-corrected chi connectivity index (χ4v) is 1.16. The standard InChI is InChI=1S/C8H8BrNO4/c1-4(8(12)13)10-7(11)6-5(9)2-3-14-6/h2-4H,1H3,(H,10,11)(H,12,13). The Morgan fingerprint density at radius 2 is 2.29 bits per heavy atom. The molecule has 0 bridgehead atoms. The largest absolute Gasteiger partial charge is 0.480 e. The van der Waals surface area contributed by atoms with Gasteiger partial charge < -0.3 is 14.8 Å². The second-order valence-corrected chi connectivity index (χ2v) is 3.49. The van der Waals surface area contributed by atoms with Crippen molar-refractivity contribution in [2.75, 3.05) is 0 Å². The quantitative estimate of drug-likeness (QED) is 0.858. The minimum atomic E-state index is -1.10. The number of carbonyl (C=O) groups excluding carboxylic acids is 1. The van der Waals surface area contributed by atoms with Crippen LogP contribution in [-0.4, -0.2) is 23.0 Å². The summed E-state index contributed by atoms with van der Waals surface area (Å²) in [6.45, 7) is 1.37. The Kier molecular flexibility index (Phi) is 3.29. The summed E-state index contributed by atoms with van der Waals surface area (Å²) in [4.78, 5) is 21.8. The number of carbonyl (C=O) groups is 2. The Balaban J connectivity index is 2.69.